The number of hydrogen-bond donors (Lipinski definition) is 2. The number of esters is 1. The van der Waals surface area contributed by atoms with Crippen LogP contribution in [0.15, 0.2) is 27.8 Å². The summed E-state index contributed by atoms with van der Waals surface area (Å²) in [6.45, 7) is -0.576. The number of benzene rings is 1. The number of ether oxygens (including phenoxy) is 2. The predicted octanol–water partition coefficient (Wildman–Crippen LogP) is 0.286. The van der Waals surface area contributed by atoms with Crippen molar-refractivity contribution in [1.82, 2.24) is 9.55 Å². The molecule has 0 radical (unpaired) electrons. The topological polar surface area (TPSA) is 133 Å². The summed E-state index contributed by atoms with van der Waals surface area (Å²) < 4.78 is 11.5. The molecule has 142 valence electrons. The highest BCUT2D eigenvalue weighted by Crippen LogP contribution is 2.30. The van der Waals surface area contributed by atoms with Gasteiger partial charge in [-0.1, -0.05) is 11.6 Å². The molecule has 0 aliphatic carbocycles. The Kier molecular flexibility index (Phi) is 5.04. The molecule has 2 aromatic rings. The Morgan fingerprint density at radius 1 is 1.41 bits per heavy atom. The van der Waals surface area contributed by atoms with Gasteiger partial charge in [0.25, 0.3) is 5.56 Å². The van der Waals surface area contributed by atoms with Crippen LogP contribution in [0.3, 0.4) is 0 Å². The van der Waals surface area contributed by atoms with E-state index in [-0.39, 0.29) is 12.4 Å². The number of nitrogen functional groups attached to an aromatic ring is 1. The van der Waals surface area contributed by atoms with Crippen molar-refractivity contribution in [1.29, 1.82) is 0 Å². The number of hydrogen-bond acceptors (Lipinski definition) is 7. The van der Waals surface area contributed by atoms with Gasteiger partial charge in [0.2, 0.25) is 5.78 Å². The van der Waals surface area contributed by atoms with Crippen molar-refractivity contribution in [2.45, 2.75) is 6.42 Å². The van der Waals surface area contributed by atoms with Crippen molar-refractivity contribution in [2.24, 2.45) is 13.0 Å². The second kappa shape index (κ2) is 7.28. The van der Waals surface area contributed by atoms with Gasteiger partial charge in [0.05, 0.1) is 5.92 Å². The van der Waals surface area contributed by atoms with Crippen LogP contribution in [0.1, 0.15) is 15.9 Å². The van der Waals surface area contributed by atoms with E-state index in [4.69, 9.17) is 26.8 Å². The molecule has 0 spiro atoms. The van der Waals surface area contributed by atoms with Crippen LogP contribution < -0.4 is 21.7 Å². The molecule has 1 aromatic carbocycles. The fourth-order valence-electron chi connectivity index (χ4n) is 2.75. The summed E-state index contributed by atoms with van der Waals surface area (Å²) >= 11 is 5.94. The molecule has 1 aliphatic heterocycles. The number of nitrogens with one attached hydrogen (secondary N) is 1. The Hall–Kier alpha value is -3.07. The summed E-state index contributed by atoms with van der Waals surface area (Å²) in [4.78, 5) is 49.7. The minimum Gasteiger partial charge on any atom is -0.492 e. The van der Waals surface area contributed by atoms with Crippen LogP contribution in [0.4, 0.5) is 5.82 Å². The van der Waals surface area contributed by atoms with Crippen molar-refractivity contribution in [3.8, 4) is 5.75 Å². The van der Waals surface area contributed by atoms with E-state index in [0.717, 1.165) is 10.1 Å². The molecule has 0 fully saturated rings. The smallest absolute Gasteiger partial charge is 0.329 e. The Bertz CT molecular complexity index is 1040. The zero-order valence-corrected chi connectivity index (χ0v) is 15.0. The van der Waals surface area contributed by atoms with Crippen molar-refractivity contribution < 1.29 is 19.1 Å². The quantitative estimate of drug-likeness (QED) is 0.563. The van der Waals surface area contributed by atoms with Crippen molar-refractivity contribution in [2.75, 3.05) is 18.9 Å². The number of nitrogens with two attached hydrogens (primary N) is 1. The second-order valence-electron chi connectivity index (χ2n) is 6.07. The molecule has 1 aromatic heterocycles. The first-order chi connectivity index (χ1) is 12.8. The average Bonchev–Trinajstić information content (AvgIpc) is 2.63. The minimum atomic E-state index is -0.929. The highest BCUT2D eigenvalue weighted by molar-refractivity contribution is 6.30. The van der Waals surface area contributed by atoms with Crippen LogP contribution in [-0.4, -0.2) is 34.5 Å². The third-order valence-electron chi connectivity index (χ3n) is 4.26. The summed E-state index contributed by atoms with van der Waals surface area (Å²) in [5.74, 6) is -1.72. The van der Waals surface area contributed by atoms with Crippen molar-refractivity contribution in [3.05, 3.63) is 55.2 Å². The number of halogens is 1. The number of nitrogens with zero attached hydrogens (tertiary/aromatic N) is 1. The first-order valence-corrected chi connectivity index (χ1v) is 8.35. The fourth-order valence-corrected chi connectivity index (χ4v) is 2.94. The Balaban J connectivity index is 1.68. The lowest BCUT2D eigenvalue weighted by Gasteiger charge is -2.24. The SMILES string of the molecule is Cn1c(N)c(C(=O)COC(=O)[C@@H]2COc3ccc(Cl)cc3C2)c(=O)[nH]c1=O. The molecule has 27 heavy (non-hydrogen) atoms. The van der Waals surface area contributed by atoms with Gasteiger partial charge in [0.15, 0.2) is 6.61 Å². The Morgan fingerprint density at radius 2 is 2.15 bits per heavy atom. The van der Waals surface area contributed by atoms with E-state index in [2.05, 4.69) is 0 Å². The van der Waals surface area contributed by atoms with Gasteiger partial charge in [0, 0.05) is 12.1 Å². The average molecular weight is 394 g/mol. The van der Waals surface area contributed by atoms with Gasteiger partial charge in [0.1, 0.15) is 23.7 Å². The lowest BCUT2D eigenvalue weighted by molar-refractivity contribution is -0.148. The molecule has 3 rings (SSSR count). The van der Waals surface area contributed by atoms with Gasteiger partial charge in [-0.15, -0.1) is 0 Å². The first kappa shape index (κ1) is 18.7. The number of fused-ring (bicyclic) bond motifs is 1. The molecule has 3 N–H and O–H groups in total. The molecule has 1 atom stereocenters. The minimum absolute atomic E-state index is 0.101. The highest BCUT2D eigenvalue weighted by atomic mass is 35.5. The van der Waals surface area contributed by atoms with Gasteiger partial charge in [-0.25, -0.2) is 4.79 Å². The summed E-state index contributed by atoms with van der Waals surface area (Å²) in [5, 5.41) is 0.519. The Morgan fingerprint density at radius 3 is 2.89 bits per heavy atom. The van der Waals surface area contributed by atoms with Crippen molar-refractivity contribution >= 4 is 29.2 Å². The van der Waals surface area contributed by atoms with Crippen LogP contribution in [0.5, 0.6) is 5.75 Å². The van der Waals surface area contributed by atoms with Gasteiger partial charge in [-0.3, -0.25) is 23.9 Å². The van der Waals surface area contributed by atoms with E-state index in [9.17, 15) is 19.2 Å². The number of aromatic amines is 1. The normalized spacial score (nSPS) is 15.6. The van der Waals surface area contributed by atoms with E-state index < -0.39 is 41.1 Å². The first-order valence-electron chi connectivity index (χ1n) is 7.97. The maximum absolute atomic E-state index is 12.3. The lowest BCUT2D eigenvalue weighted by Crippen LogP contribution is -2.36. The summed E-state index contributed by atoms with van der Waals surface area (Å²) in [6.07, 6.45) is 0.353. The second-order valence-corrected chi connectivity index (χ2v) is 6.51. The van der Waals surface area contributed by atoms with Crippen molar-refractivity contribution in [3.63, 3.8) is 0 Å². The van der Waals surface area contributed by atoms with E-state index in [1.165, 1.54) is 7.05 Å². The molecule has 0 amide bonds. The zero-order valence-electron chi connectivity index (χ0n) is 14.3. The van der Waals surface area contributed by atoms with Crippen LogP contribution in [-0.2, 0) is 23.0 Å². The maximum atomic E-state index is 12.3. The van der Waals surface area contributed by atoms with Crippen LogP contribution in [0, 0.1) is 5.92 Å². The van der Waals surface area contributed by atoms with E-state index in [0.29, 0.717) is 17.2 Å². The van der Waals surface area contributed by atoms with Crippen LogP contribution >= 0.6 is 11.6 Å². The number of carbonyl (C=O) groups excluding carboxylic acids is 2. The molecule has 10 heteroatoms. The predicted molar refractivity (Wildman–Crippen MR) is 96.1 cm³/mol. The molecule has 1 aliphatic rings. The largest absolute Gasteiger partial charge is 0.492 e. The Labute approximate surface area is 157 Å². The number of Topliss-reactive ketones (excluding diaryl/α,β-unsaturated/α-hetero) is 1. The molecule has 0 unspecified atom stereocenters. The third-order valence-corrected chi connectivity index (χ3v) is 4.49. The molecule has 0 saturated carbocycles. The number of carbonyl (C=O) groups is 2. The molecule has 0 saturated heterocycles. The highest BCUT2D eigenvalue weighted by Gasteiger charge is 2.28. The molecule has 0 bridgehead atoms. The van der Waals surface area contributed by atoms with E-state index in [1.54, 1.807) is 18.2 Å². The number of ketones is 1. The van der Waals surface area contributed by atoms with Crippen LogP contribution in [0.2, 0.25) is 5.02 Å². The summed E-state index contributed by atoms with van der Waals surface area (Å²) in [6, 6.07) is 5.11. The zero-order chi connectivity index (χ0) is 19.7. The fraction of sp³-hybridized carbons (Fsp3) is 0.294. The van der Waals surface area contributed by atoms with Gasteiger partial charge in [-0.05, 0) is 30.2 Å². The van der Waals surface area contributed by atoms with Crippen LogP contribution in [0.25, 0.3) is 0 Å². The monoisotopic (exact) mass is 393 g/mol. The molecular formula is C17H16ClN3O6. The molecule has 2 heterocycles. The van der Waals surface area contributed by atoms with E-state index in [1.807, 2.05) is 4.98 Å². The number of anilines is 1. The lowest BCUT2D eigenvalue weighted by atomic mass is 9.97. The number of aromatic nitrogens is 2. The van der Waals surface area contributed by atoms with Gasteiger partial charge >= 0.3 is 11.7 Å². The van der Waals surface area contributed by atoms with Gasteiger partial charge in [-0.2, -0.15) is 0 Å². The maximum Gasteiger partial charge on any atom is 0.329 e. The third kappa shape index (κ3) is 3.72. The standard InChI is InChI=1S/C17H16ClN3O6/c1-21-14(19)13(15(23)20-17(21)25)11(22)7-27-16(24)9-4-8-5-10(18)2-3-12(8)26-6-9/h2-3,5,9H,4,6-7,19H2,1H3,(H,20,23,25)/t9-/m0/s1. The molecular weight excluding hydrogens is 378 g/mol. The van der Waals surface area contributed by atoms with Gasteiger partial charge < -0.3 is 15.2 Å². The molecule has 9 nitrogen and oxygen atoms in total. The number of H-pyrrole nitrogens is 1. The van der Waals surface area contributed by atoms with E-state index >= 15 is 0 Å². The summed E-state index contributed by atoms with van der Waals surface area (Å²) in [7, 11) is 1.30. The number of rotatable bonds is 4. The summed E-state index contributed by atoms with van der Waals surface area (Å²) in [5.41, 5.74) is 4.31.